The fraction of sp³-hybridized carbons (Fsp3) is 0.214. The number of nitrogens with zero attached hydrogens (tertiary/aromatic N) is 1. The second-order valence-electron chi connectivity index (χ2n) is 4.33. The molecule has 1 N–H and O–H groups in total. The number of esters is 1. The number of carbonyl (C=O) groups is 2. The zero-order valence-electron chi connectivity index (χ0n) is 11.5. The van der Waals surface area contributed by atoms with Gasteiger partial charge >= 0.3 is 5.97 Å². The highest BCUT2D eigenvalue weighted by Gasteiger charge is 2.19. The van der Waals surface area contributed by atoms with Gasteiger partial charge in [-0.25, -0.2) is 4.79 Å². The van der Waals surface area contributed by atoms with Crippen LogP contribution in [0.25, 0.3) is 0 Å². The smallest absolute Gasteiger partial charge is 0.344 e. The third-order valence-electron chi connectivity index (χ3n) is 2.68. The third kappa shape index (κ3) is 4.03. The Bertz CT molecular complexity index is 662. The Hall–Kier alpha value is -1.90. The monoisotopic (exact) mass is 400 g/mol. The molecule has 0 saturated carbocycles. The van der Waals surface area contributed by atoms with E-state index in [-0.39, 0.29) is 12.2 Å². The number of halogens is 1. The molecule has 0 aliphatic rings. The quantitative estimate of drug-likeness (QED) is 0.631. The van der Waals surface area contributed by atoms with Gasteiger partial charge in [0.2, 0.25) is 0 Å². The van der Waals surface area contributed by atoms with Crippen molar-refractivity contribution in [3.8, 4) is 0 Å². The van der Waals surface area contributed by atoms with Crippen LogP contribution in [0, 0.1) is 17.4 Å². The van der Waals surface area contributed by atoms with Gasteiger partial charge in [0.1, 0.15) is 11.3 Å². The van der Waals surface area contributed by atoms with Crippen LogP contribution in [-0.2, 0) is 9.53 Å². The number of amides is 1. The van der Waals surface area contributed by atoms with Gasteiger partial charge < -0.3 is 14.6 Å². The maximum absolute atomic E-state index is 11.9. The fourth-order valence-corrected chi connectivity index (χ4v) is 2.28. The molecule has 2 aromatic rings. The van der Waals surface area contributed by atoms with E-state index in [0.29, 0.717) is 17.1 Å². The highest BCUT2D eigenvalue weighted by Crippen LogP contribution is 2.14. The maximum atomic E-state index is 11.9. The summed E-state index contributed by atoms with van der Waals surface area (Å²) >= 11 is 2.14. The summed E-state index contributed by atoms with van der Waals surface area (Å²) in [5, 5.41) is 6.32. The number of rotatable bonds is 4. The minimum absolute atomic E-state index is 0.261. The van der Waals surface area contributed by atoms with Gasteiger partial charge in [-0.1, -0.05) is 11.2 Å². The first kappa shape index (κ1) is 15.5. The van der Waals surface area contributed by atoms with Crippen molar-refractivity contribution in [1.82, 2.24) is 5.16 Å². The minimum atomic E-state index is -0.621. The first-order valence-corrected chi connectivity index (χ1v) is 7.20. The van der Waals surface area contributed by atoms with Gasteiger partial charge in [0.15, 0.2) is 6.61 Å². The number of carbonyl (C=O) groups excluding carboxylic acids is 2. The van der Waals surface area contributed by atoms with Crippen molar-refractivity contribution in [2.75, 3.05) is 11.9 Å². The van der Waals surface area contributed by atoms with E-state index in [9.17, 15) is 9.59 Å². The SMILES string of the molecule is Cc1noc(C)c1C(=O)OCC(=O)Nc1cccc(I)c1. The van der Waals surface area contributed by atoms with Crippen molar-refractivity contribution in [2.24, 2.45) is 0 Å². The lowest BCUT2D eigenvalue weighted by atomic mass is 10.2. The number of benzene rings is 1. The van der Waals surface area contributed by atoms with E-state index in [1.54, 1.807) is 19.9 Å². The van der Waals surface area contributed by atoms with E-state index in [4.69, 9.17) is 9.26 Å². The zero-order chi connectivity index (χ0) is 15.4. The predicted octanol–water partition coefficient (Wildman–Crippen LogP) is 2.69. The van der Waals surface area contributed by atoms with Gasteiger partial charge in [-0.3, -0.25) is 4.79 Å². The number of anilines is 1. The number of ether oxygens (including phenoxy) is 1. The molecule has 7 heteroatoms. The Morgan fingerprint density at radius 1 is 1.38 bits per heavy atom. The van der Waals surface area contributed by atoms with Crippen LogP contribution in [-0.4, -0.2) is 23.6 Å². The molecule has 1 amide bonds. The summed E-state index contributed by atoms with van der Waals surface area (Å²) in [6.07, 6.45) is 0. The second-order valence-corrected chi connectivity index (χ2v) is 5.58. The molecule has 0 aliphatic carbocycles. The van der Waals surface area contributed by atoms with E-state index in [1.165, 1.54) is 0 Å². The summed E-state index contributed by atoms with van der Waals surface area (Å²) in [6.45, 7) is 2.88. The average Bonchev–Trinajstić information content (AvgIpc) is 2.76. The first-order valence-electron chi connectivity index (χ1n) is 6.13. The molecule has 1 heterocycles. The molecule has 1 aromatic heterocycles. The van der Waals surface area contributed by atoms with Crippen molar-refractivity contribution >= 4 is 40.2 Å². The summed E-state index contributed by atoms with van der Waals surface area (Å²) < 4.78 is 10.8. The standard InChI is InChI=1S/C14H13IN2O4/c1-8-13(9(2)21-17-8)14(19)20-7-12(18)16-11-5-3-4-10(15)6-11/h3-6H,7H2,1-2H3,(H,16,18). The van der Waals surface area contributed by atoms with Crippen LogP contribution in [0.15, 0.2) is 28.8 Å². The van der Waals surface area contributed by atoms with Gasteiger partial charge in [-0.2, -0.15) is 0 Å². The van der Waals surface area contributed by atoms with E-state index in [1.807, 2.05) is 18.2 Å². The number of aryl methyl sites for hydroxylation is 2. The summed E-state index contributed by atoms with van der Waals surface area (Å²) in [5.41, 5.74) is 1.35. The normalized spacial score (nSPS) is 10.2. The number of nitrogens with one attached hydrogen (secondary N) is 1. The Kier molecular flexibility index (Phi) is 4.94. The predicted molar refractivity (Wildman–Crippen MR) is 84.0 cm³/mol. The number of hydrogen-bond acceptors (Lipinski definition) is 5. The van der Waals surface area contributed by atoms with Crippen LogP contribution < -0.4 is 5.32 Å². The molecule has 0 bridgehead atoms. The topological polar surface area (TPSA) is 81.4 Å². The Morgan fingerprint density at radius 2 is 2.14 bits per heavy atom. The molecule has 1 aromatic carbocycles. The summed E-state index contributed by atoms with van der Waals surface area (Å²) in [7, 11) is 0. The largest absolute Gasteiger partial charge is 0.452 e. The van der Waals surface area contributed by atoms with Crippen LogP contribution in [0.1, 0.15) is 21.8 Å². The van der Waals surface area contributed by atoms with E-state index < -0.39 is 11.9 Å². The van der Waals surface area contributed by atoms with Crippen molar-refractivity contribution < 1.29 is 18.8 Å². The molecule has 6 nitrogen and oxygen atoms in total. The average molecular weight is 400 g/mol. The van der Waals surface area contributed by atoms with Gasteiger partial charge in [0.25, 0.3) is 5.91 Å². The molecule has 0 spiro atoms. The molecule has 2 rings (SSSR count). The molecule has 0 atom stereocenters. The van der Waals surface area contributed by atoms with Crippen molar-refractivity contribution in [3.63, 3.8) is 0 Å². The van der Waals surface area contributed by atoms with Crippen LogP contribution in [0.3, 0.4) is 0 Å². The molecule has 0 saturated heterocycles. The maximum Gasteiger partial charge on any atom is 0.344 e. The molecular formula is C14H13IN2O4. The fourth-order valence-electron chi connectivity index (χ4n) is 1.74. The summed E-state index contributed by atoms with van der Waals surface area (Å²) in [5.74, 6) is -0.656. The van der Waals surface area contributed by atoms with Crippen molar-refractivity contribution in [3.05, 3.63) is 44.9 Å². The summed E-state index contributed by atoms with van der Waals surface area (Å²) in [4.78, 5) is 23.6. The Labute approximate surface area is 135 Å². The van der Waals surface area contributed by atoms with E-state index in [2.05, 4.69) is 33.1 Å². The van der Waals surface area contributed by atoms with Gasteiger partial charge in [0, 0.05) is 9.26 Å². The Morgan fingerprint density at radius 3 is 2.76 bits per heavy atom. The number of aromatic nitrogens is 1. The molecule has 21 heavy (non-hydrogen) atoms. The highest BCUT2D eigenvalue weighted by molar-refractivity contribution is 14.1. The van der Waals surface area contributed by atoms with Crippen LogP contribution >= 0.6 is 22.6 Å². The first-order chi connectivity index (χ1) is 9.97. The third-order valence-corrected chi connectivity index (χ3v) is 3.35. The molecular weight excluding hydrogens is 387 g/mol. The lowest BCUT2D eigenvalue weighted by Crippen LogP contribution is -2.21. The molecule has 110 valence electrons. The van der Waals surface area contributed by atoms with Crippen molar-refractivity contribution in [1.29, 1.82) is 0 Å². The van der Waals surface area contributed by atoms with E-state index in [0.717, 1.165) is 3.57 Å². The van der Waals surface area contributed by atoms with Crippen LogP contribution in [0.2, 0.25) is 0 Å². The van der Waals surface area contributed by atoms with Gasteiger partial charge in [-0.05, 0) is 54.6 Å². The molecule has 0 aliphatic heterocycles. The molecule has 0 radical (unpaired) electrons. The minimum Gasteiger partial charge on any atom is -0.452 e. The number of hydrogen-bond donors (Lipinski definition) is 1. The van der Waals surface area contributed by atoms with Crippen LogP contribution in [0.4, 0.5) is 5.69 Å². The van der Waals surface area contributed by atoms with Crippen LogP contribution in [0.5, 0.6) is 0 Å². The molecule has 0 unspecified atom stereocenters. The van der Waals surface area contributed by atoms with Gasteiger partial charge in [0.05, 0.1) is 5.69 Å². The van der Waals surface area contributed by atoms with Gasteiger partial charge in [-0.15, -0.1) is 0 Å². The molecule has 0 fully saturated rings. The lowest BCUT2D eigenvalue weighted by molar-refractivity contribution is -0.119. The zero-order valence-corrected chi connectivity index (χ0v) is 13.6. The Balaban J connectivity index is 1.91. The second kappa shape index (κ2) is 6.70. The lowest BCUT2D eigenvalue weighted by Gasteiger charge is -2.06. The van der Waals surface area contributed by atoms with E-state index >= 15 is 0 Å². The van der Waals surface area contributed by atoms with Crippen molar-refractivity contribution in [2.45, 2.75) is 13.8 Å². The summed E-state index contributed by atoms with van der Waals surface area (Å²) in [6, 6.07) is 7.31. The highest BCUT2D eigenvalue weighted by atomic mass is 127.